The van der Waals surface area contributed by atoms with Gasteiger partial charge in [-0.05, 0) is 56.8 Å². The number of anilines is 2. The molecule has 0 spiro atoms. The van der Waals surface area contributed by atoms with Crippen LogP contribution in [0.4, 0.5) is 20.2 Å². The van der Waals surface area contributed by atoms with E-state index in [9.17, 15) is 28.3 Å². The molecule has 1 aliphatic rings. The molecule has 1 aromatic heterocycles. The predicted molar refractivity (Wildman–Crippen MR) is 147 cm³/mol. The number of nitrogens with one attached hydrogen (secondary N) is 1. The maximum Gasteiger partial charge on any atom is 0.273 e. The molecular formula is C28H29ClF2N4O5. The maximum atomic E-state index is 13.9. The van der Waals surface area contributed by atoms with Crippen LogP contribution >= 0.6 is 11.6 Å². The van der Waals surface area contributed by atoms with Gasteiger partial charge in [-0.2, -0.15) is 0 Å². The zero-order chi connectivity index (χ0) is 29.2. The second-order valence-electron chi connectivity index (χ2n) is 10.1. The molecule has 0 saturated heterocycles. The highest BCUT2D eigenvalue weighted by molar-refractivity contribution is 6.31. The number of benzene rings is 2. The lowest BCUT2D eigenvalue weighted by molar-refractivity contribution is -0.122. The van der Waals surface area contributed by atoms with E-state index < -0.39 is 22.8 Å². The van der Waals surface area contributed by atoms with Gasteiger partial charge in [0.25, 0.3) is 5.56 Å². The second kappa shape index (κ2) is 11.7. The van der Waals surface area contributed by atoms with E-state index in [1.54, 1.807) is 25.2 Å². The number of aliphatic hydroxyl groups is 1. The van der Waals surface area contributed by atoms with Crippen LogP contribution in [0, 0.1) is 11.6 Å². The smallest absolute Gasteiger partial charge is 0.273 e. The molecule has 0 atom stereocenters. The molecule has 9 nitrogen and oxygen atoms in total. The number of aromatic nitrogens is 1. The largest absolute Gasteiger partial charge is 0.487 e. The van der Waals surface area contributed by atoms with E-state index in [0.717, 1.165) is 12.1 Å². The summed E-state index contributed by atoms with van der Waals surface area (Å²) >= 11 is 6.26. The summed E-state index contributed by atoms with van der Waals surface area (Å²) in [5.41, 5.74) is 0.0183. The number of nitrogens with zero attached hydrogens (tertiary/aromatic N) is 3. The predicted octanol–water partition coefficient (Wildman–Crippen LogP) is 3.42. The highest BCUT2D eigenvalue weighted by Crippen LogP contribution is 2.38. The lowest BCUT2D eigenvalue weighted by Crippen LogP contribution is -2.43. The molecule has 40 heavy (non-hydrogen) atoms. The Morgan fingerprint density at radius 2 is 1.80 bits per heavy atom. The van der Waals surface area contributed by atoms with Crippen molar-refractivity contribution in [2.24, 2.45) is 0 Å². The minimum Gasteiger partial charge on any atom is -0.487 e. The summed E-state index contributed by atoms with van der Waals surface area (Å²) in [4.78, 5) is 41.6. The Morgan fingerprint density at radius 1 is 1.07 bits per heavy atom. The first-order chi connectivity index (χ1) is 18.9. The molecular weight excluding hydrogens is 546 g/mol. The number of fused-ring (bicyclic) bond motifs is 1. The van der Waals surface area contributed by atoms with Gasteiger partial charge >= 0.3 is 0 Å². The molecule has 2 aromatic carbocycles. The van der Waals surface area contributed by atoms with Crippen molar-refractivity contribution in [2.75, 3.05) is 30.1 Å². The van der Waals surface area contributed by atoms with Gasteiger partial charge in [0.1, 0.15) is 35.7 Å². The van der Waals surface area contributed by atoms with Crippen LogP contribution in [0.15, 0.2) is 53.5 Å². The van der Waals surface area contributed by atoms with E-state index >= 15 is 0 Å². The van der Waals surface area contributed by atoms with E-state index in [1.165, 1.54) is 46.5 Å². The SMILES string of the molecule is CNCC(=O)N1CN(C(=O)CC(C)(C)O)c2ccc(Cn3ccc(OCc4ccc(F)cc4F)c(Cl)c3=O)cc21. The topological polar surface area (TPSA) is 104 Å². The minimum atomic E-state index is -1.22. The van der Waals surface area contributed by atoms with Crippen molar-refractivity contribution in [3.63, 3.8) is 0 Å². The first-order valence-electron chi connectivity index (χ1n) is 12.4. The molecule has 1 aliphatic heterocycles. The van der Waals surface area contributed by atoms with E-state index in [1.807, 2.05) is 0 Å². The lowest BCUT2D eigenvalue weighted by atomic mass is 10.0. The quantitative estimate of drug-likeness (QED) is 0.406. The van der Waals surface area contributed by atoms with Gasteiger partial charge in [-0.15, -0.1) is 0 Å². The number of ether oxygens (including phenoxy) is 1. The van der Waals surface area contributed by atoms with Crippen molar-refractivity contribution < 1.29 is 28.2 Å². The van der Waals surface area contributed by atoms with Crippen LogP contribution in [-0.4, -0.2) is 47.4 Å². The average molecular weight is 575 g/mol. The molecule has 2 amide bonds. The van der Waals surface area contributed by atoms with E-state index in [0.29, 0.717) is 16.9 Å². The number of halogens is 3. The molecule has 0 saturated carbocycles. The maximum absolute atomic E-state index is 13.9. The fourth-order valence-electron chi connectivity index (χ4n) is 4.30. The molecule has 3 aromatic rings. The molecule has 212 valence electrons. The molecule has 0 fully saturated rings. The van der Waals surface area contributed by atoms with Crippen molar-refractivity contribution in [1.82, 2.24) is 9.88 Å². The Bertz CT molecular complexity index is 1500. The number of hydrogen-bond acceptors (Lipinski definition) is 6. The third-order valence-electron chi connectivity index (χ3n) is 6.24. The molecule has 4 rings (SSSR count). The lowest BCUT2D eigenvalue weighted by Gasteiger charge is -2.23. The highest BCUT2D eigenvalue weighted by Gasteiger charge is 2.35. The van der Waals surface area contributed by atoms with Crippen LogP contribution in [0.1, 0.15) is 31.4 Å². The number of hydrogen-bond donors (Lipinski definition) is 2. The number of carbonyl (C=O) groups is 2. The third-order valence-corrected chi connectivity index (χ3v) is 6.59. The fraction of sp³-hybridized carbons (Fsp3) is 0.321. The zero-order valence-electron chi connectivity index (χ0n) is 22.2. The van der Waals surface area contributed by atoms with Gasteiger partial charge in [0.05, 0.1) is 36.5 Å². The normalized spacial score (nSPS) is 13.0. The summed E-state index contributed by atoms with van der Waals surface area (Å²) < 4.78 is 33.9. The van der Waals surface area contributed by atoms with Crippen LogP contribution in [0.25, 0.3) is 0 Å². The Morgan fingerprint density at radius 3 is 2.48 bits per heavy atom. The van der Waals surface area contributed by atoms with E-state index in [-0.39, 0.29) is 60.9 Å². The molecule has 0 bridgehead atoms. The number of rotatable bonds is 9. The van der Waals surface area contributed by atoms with E-state index in [2.05, 4.69) is 5.32 Å². The Labute approximate surface area is 234 Å². The third kappa shape index (κ3) is 6.49. The monoisotopic (exact) mass is 574 g/mol. The Balaban J connectivity index is 1.57. The van der Waals surface area contributed by atoms with Gasteiger partial charge in [0, 0.05) is 17.8 Å². The first-order valence-corrected chi connectivity index (χ1v) is 12.8. The molecule has 2 heterocycles. The van der Waals surface area contributed by atoms with Crippen LogP contribution in [0.3, 0.4) is 0 Å². The number of likely N-dealkylation sites (N-methyl/N-ethyl adjacent to an activating group) is 1. The summed E-state index contributed by atoms with van der Waals surface area (Å²) in [6.45, 7) is 2.98. The number of amides is 2. The molecule has 2 N–H and O–H groups in total. The van der Waals surface area contributed by atoms with Gasteiger partial charge in [0.2, 0.25) is 11.8 Å². The van der Waals surface area contributed by atoms with Gasteiger partial charge < -0.3 is 19.7 Å². The first kappa shape index (κ1) is 29.2. The standard InChI is InChI=1S/C28H29ClF2N4O5/c1-28(2,39)12-24(36)34-16-35(25(37)13-32-3)22-10-17(4-7-21(22)34)14-33-9-8-23(26(29)27(33)38)40-15-18-5-6-19(30)11-20(18)31/h4-11,32,39H,12-16H2,1-3H3. The fourth-order valence-corrected chi connectivity index (χ4v) is 4.53. The summed E-state index contributed by atoms with van der Waals surface area (Å²) in [7, 11) is 1.64. The molecule has 0 radical (unpaired) electrons. The summed E-state index contributed by atoms with van der Waals surface area (Å²) in [5.74, 6) is -2.02. The summed E-state index contributed by atoms with van der Waals surface area (Å²) in [5, 5.41) is 12.7. The van der Waals surface area contributed by atoms with Crippen molar-refractivity contribution in [2.45, 2.75) is 39.0 Å². The van der Waals surface area contributed by atoms with Gasteiger partial charge in [0.15, 0.2) is 0 Å². The zero-order valence-corrected chi connectivity index (χ0v) is 23.0. The Kier molecular flexibility index (Phi) is 8.57. The minimum absolute atomic E-state index is 0.000670. The summed E-state index contributed by atoms with van der Waals surface area (Å²) in [6, 6.07) is 9.72. The van der Waals surface area contributed by atoms with Gasteiger partial charge in [-0.3, -0.25) is 24.2 Å². The van der Waals surface area contributed by atoms with Crippen molar-refractivity contribution in [1.29, 1.82) is 0 Å². The molecule has 12 heteroatoms. The second-order valence-corrected chi connectivity index (χ2v) is 10.5. The van der Waals surface area contributed by atoms with Gasteiger partial charge in [-0.1, -0.05) is 17.7 Å². The average Bonchev–Trinajstić information content (AvgIpc) is 3.26. The highest BCUT2D eigenvalue weighted by atomic mass is 35.5. The van der Waals surface area contributed by atoms with Gasteiger partial charge in [-0.25, -0.2) is 8.78 Å². The molecule has 0 unspecified atom stereocenters. The van der Waals surface area contributed by atoms with Crippen LogP contribution in [0.5, 0.6) is 5.75 Å². The van der Waals surface area contributed by atoms with Crippen LogP contribution in [0.2, 0.25) is 5.02 Å². The number of pyridine rings is 1. The Hall–Kier alpha value is -3.80. The van der Waals surface area contributed by atoms with Crippen LogP contribution in [-0.2, 0) is 22.7 Å². The number of carbonyl (C=O) groups excluding carboxylic acids is 2. The summed E-state index contributed by atoms with van der Waals surface area (Å²) in [6.07, 6.45) is 1.35. The molecule has 0 aliphatic carbocycles. The van der Waals surface area contributed by atoms with Crippen molar-refractivity contribution in [3.8, 4) is 5.75 Å². The van der Waals surface area contributed by atoms with Crippen LogP contribution < -0.4 is 25.4 Å². The van der Waals surface area contributed by atoms with Crippen molar-refractivity contribution >= 4 is 34.8 Å². The van der Waals surface area contributed by atoms with E-state index in [4.69, 9.17) is 16.3 Å². The van der Waals surface area contributed by atoms with Crippen molar-refractivity contribution in [3.05, 3.63) is 86.8 Å².